The number of hydrogen-bond acceptors (Lipinski definition) is 3. The Balaban J connectivity index is 3.88. The summed E-state index contributed by atoms with van der Waals surface area (Å²) in [7, 11) is 5.52. The Morgan fingerprint density at radius 3 is 2.36 bits per heavy atom. The number of hydrogen-bond donors (Lipinski definition) is 1. The van der Waals surface area contributed by atoms with E-state index in [-0.39, 0.29) is 5.91 Å². The Labute approximate surface area is 87.3 Å². The number of amides is 1. The van der Waals surface area contributed by atoms with Crippen LogP contribution in [0.3, 0.4) is 0 Å². The molecule has 0 aromatic rings. The van der Waals surface area contributed by atoms with Gasteiger partial charge >= 0.3 is 0 Å². The van der Waals surface area contributed by atoms with Crippen molar-refractivity contribution in [2.24, 2.45) is 0 Å². The number of likely N-dealkylation sites (N-methyl/N-ethyl adjacent to an activating group) is 2. The van der Waals surface area contributed by atoms with Crippen LogP contribution in [0.25, 0.3) is 0 Å². The molecule has 84 valence electrons. The first-order valence-electron chi connectivity index (χ1n) is 5.19. The highest BCUT2D eigenvalue weighted by atomic mass is 16.2. The SMILES string of the molecule is CCCN(CCNC)CC(=O)N(C)C. The molecule has 0 spiro atoms. The molecule has 0 fully saturated rings. The normalized spacial score (nSPS) is 10.6. The van der Waals surface area contributed by atoms with Gasteiger partial charge in [0.1, 0.15) is 0 Å². The van der Waals surface area contributed by atoms with E-state index in [0.717, 1.165) is 26.1 Å². The third kappa shape index (κ3) is 5.94. The number of rotatable bonds is 7. The van der Waals surface area contributed by atoms with Crippen LogP contribution in [0.2, 0.25) is 0 Å². The zero-order valence-corrected chi connectivity index (χ0v) is 9.84. The number of carbonyl (C=O) groups excluding carboxylic acids is 1. The van der Waals surface area contributed by atoms with Gasteiger partial charge in [-0.25, -0.2) is 0 Å². The standard InChI is InChI=1S/C10H23N3O/c1-5-7-13(8-6-11-2)9-10(14)12(3)4/h11H,5-9H2,1-4H3. The van der Waals surface area contributed by atoms with E-state index in [1.807, 2.05) is 7.05 Å². The number of carbonyl (C=O) groups is 1. The molecule has 0 aromatic heterocycles. The van der Waals surface area contributed by atoms with Gasteiger partial charge in [0.25, 0.3) is 0 Å². The maximum absolute atomic E-state index is 11.5. The first kappa shape index (κ1) is 13.4. The predicted molar refractivity (Wildman–Crippen MR) is 59.4 cm³/mol. The van der Waals surface area contributed by atoms with Crippen LogP contribution in [0.1, 0.15) is 13.3 Å². The molecule has 0 aliphatic carbocycles. The van der Waals surface area contributed by atoms with E-state index in [2.05, 4.69) is 17.1 Å². The molecule has 1 N–H and O–H groups in total. The molecule has 4 heteroatoms. The van der Waals surface area contributed by atoms with Gasteiger partial charge in [0, 0.05) is 27.2 Å². The van der Waals surface area contributed by atoms with Gasteiger partial charge in [0.15, 0.2) is 0 Å². The summed E-state index contributed by atoms with van der Waals surface area (Å²) in [6.07, 6.45) is 1.09. The van der Waals surface area contributed by atoms with Crippen LogP contribution in [0, 0.1) is 0 Å². The molecular weight excluding hydrogens is 178 g/mol. The second-order valence-corrected chi connectivity index (χ2v) is 3.67. The molecule has 14 heavy (non-hydrogen) atoms. The van der Waals surface area contributed by atoms with Crippen LogP contribution >= 0.6 is 0 Å². The highest BCUT2D eigenvalue weighted by Gasteiger charge is 2.10. The minimum atomic E-state index is 0.176. The molecule has 0 saturated carbocycles. The first-order valence-corrected chi connectivity index (χ1v) is 5.19. The van der Waals surface area contributed by atoms with Gasteiger partial charge in [0.2, 0.25) is 5.91 Å². The quantitative estimate of drug-likeness (QED) is 0.630. The van der Waals surface area contributed by atoms with Crippen LogP contribution in [0.4, 0.5) is 0 Å². The topological polar surface area (TPSA) is 35.6 Å². The number of nitrogens with one attached hydrogen (secondary N) is 1. The summed E-state index contributed by atoms with van der Waals surface area (Å²) < 4.78 is 0. The Kier molecular flexibility index (Phi) is 7.42. The van der Waals surface area contributed by atoms with Crippen molar-refractivity contribution < 1.29 is 4.79 Å². The summed E-state index contributed by atoms with van der Waals surface area (Å²) in [5.41, 5.74) is 0. The molecule has 0 radical (unpaired) electrons. The number of nitrogens with zero attached hydrogens (tertiary/aromatic N) is 2. The Bertz CT molecular complexity index is 159. The molecule has 1 amide bonds. The fourth-order valence-corrected chi connectivity index (χ4v) is 1.19. The van der Waals surface area contributed by atoms with Gasteiger partial charge in [-0.15, -0.1) is 0 Å². The molecule has 0 bridgehead atoms. The van der Waals surface area contributed by atoms with E-state index >= 15 is 0 Å². The average Bonchev–Trinajstić information content (AvgIpc) is 2.14. The lowest BCUT2D eigenvalue weighted by atomic mass is 10.3. The van der Waals surface area contributed by atoms with E-state index in [4.69, 9.17) is 0 Å². The van der Waals surface area contributed by atoms with Gasteiger partial charge in [-0.05, 0) is 20.0 Å². The largest absolute Gasteiger partial charge is 0.348 e. The van der Waals surface area contributed by atoms with E-state index in [1.54, 1.807) is 19.0 Å². The molecule has 0 aromatic carbocycles. The average molecular weight is 201 g/mol. The molecule has 4 nitrogen and oxygen atoms in total. The van der Waals surface area contributed by atoms with Crippen molar-refractivity contribution in [3.8, 4) is 0 Å². The van der Waals surface area contributed by atoms with Gasteiger partial charge in [-0.2, -0.15) is 0 Å². The second-order valence-electron chi connectivity index (χ2n) is 3.67. The Hall–Kier alpha value is -0.610. The second kappa shape index (κ2) is 7.76. The van der Waals surface area contributed by atoms with Crippen molar-refractivity contribution in [3.63, 3.8) is 0 Å². The van der Waals surface area contributed by atoms with E-state index in [0.29, 0.717) is 6.54 Å². The maximum Gasteiger partial charge on any atom is 0.236 e. The summed E-state index contributed by atoms with van der Waals surface area (Å²) in [6, 6.07) is 0. The van der Waals surface area contributed by atoms with Gasteiger partial charge in [0.05, 0.1) is 6.54 Å². The fraction of sp³-hybridized carbons (Fsp3) is 0.900. The molecule has 0 heterocycles. The van der Waals surface area contributed by atoms with Crippen molar-refractivity contribution in [3.05, 3.63) is 0 Å². The molecule has 0 saturated heterocycles. The monoisotopic (exact) mass is 201 g/mol. The fourth-order valence-electron chi connectivity index (χ4n) is 1.19. The zero-order valence-electron chi connectivity index (χ0n) is 9.84. The minimum Gasteiger partial charge on any atom is -0.348 e. The van der Waals surface area contributed by atoms with E-state index in [9.17, 15) is 4.79 Å². The predicted octanol–water partition coefficient (Wildman–Crippen LogP) is 0.00600. The lowest BCUT2D eigenvalue weighted by molar-refractivity contribution is -0.129. The van der Waals surface area contributed by atoms with Crippen LogP contribution < -0.4 is 5.32 Å². The van der Waals surface area contributed by atoms with E-state index in [1.165, 1.54) is 0 Å². The smallest absolute Gasteiger partial charge is 0.236 e. The summed E-state index contributed by atoms with van der Waals surface area (Å²) in [5.74, 6) is 0.176. The van der Waals surface area contributed by atoms with Gasteiger partial charge < -0.3 is 10.2 Å². The summed E-state index contributed by atoms with van der Waals surface area (Å²) in [5, 5.41) is 3.09. The summed E-state index contributed by atoms with van der Waals surface area (Å²) in [6.45, 7) is 5.51. The van der Waals surface area contributed by atoms with E-state index < -0.39 is 0 Å². The van der Waals surface area contributed by atoms with Crippen molar-refractivity contribution in [1.82, 2.24) is 15.1 Å². The van der Waals surface area contributed by atoms with Crippen molar-refractivity contribution >= 4 is 5.91 Å². The molecular formula is C10H23N3O. The first-order chi connectivity index (χ1) is 6.61. The zero-order chi connectivity index (χ0) is 11.0. The van der Waals surface area contributed by atoms with Crippen LogP contribution in [-0.2, 0) is 4.79 Å². The van der Waals surface area contributed by atoms with Crippen molar-refractivity contribution in [2.45, 2.75) is 13.3 Å². The van der Waals surface area contributed by atoms with Gasteiger partial charge in [-0.3, -0.25) is 9.69 Å². The van der Waals surface area contributed by atoms with Crippen LogP contribution in [-0.4, -0.2) is 63.0 Å². The lowest BCUT2D eigenvalue weighted by Crippen LogP contribution is -2.39. The third-order valence-electron chi connectivity index (χ3n) is 2.08. The highest BCUT2D eigenvalue weighted by Crippen LogP contribution is 1.92. The van der Waals surface area contributed by atoms with Gasteiger partial charge in [-0.1, -0.05) is 6.92 Å². The Morgan fingerprint density at radius 1 is 1.29 bits per heavy atom. The van der Waals surface area contributed by atoms with Crippen molar-refractivity contribution in [1.29, 1.82) is 0 Å². The summed E-state index contributed by atoms with van der Waals surface area (Å²) >= 11 is 0. The van der Waals surface area contributed by atoms with Crippen LogP contribution in [0.5, 0.6) is 0 Å². The maximum atomic E-state index is 11.5. The molecule has 0 rings (SSSR count). The summed E-state index contributed by atoms with van der Waals surface area (Å²) in [4.78, 5) is 15.3. The lowest BCUT2D eigenvalue weighted by Gasteiger charge is -2.22. The highest BCUT2D eigenvalue weighted by molar-refractivity contribution is 5.77. The van der Waals surface area contributed by atoms with Crippen LogP contribution in [0.15, 0.2) is 0 Å². The third-order valence-corrected chi connectivity index (χ3v) is 2.08. The molecule has 0 aliphatic rings. The van der Waals surface area contributed by atoms with Crippen molar-refractivity contribution in [2.75, 3.05) is 47.3 Å². The minimum absolute atomic E-state index is 0.176. The Morgan fingerprint density at radius 2 is 1.93 bits per heavy atom. The molecule has 0 aliphatic heterocycles. The molecule has 0 atom stereocenters. The molecule has 0 unspecified atom stereocenters.